The fourth-order valence-electron chi connectivity index (χ4n) is 1.74. The lowest BCUT2D eigenvalue weighted by Crippen LogP contribution is -2.09. The van der Waals surface area contributed by atoms with Gasteiger partial charge >= 0.3 is 0 Å². The molecule has 1 aromatic heterocycles. The molecular formula is C13H15Cl2N5O. The highest BCUT2D eigenvalue weighted by atomic mass is 35.5. The van der Waals surface area contributed by atoms with Crippen LogP contribution in [0.4, 0.5) is 11.9 Å². The van der Waals surface area contributed by atoms with E-state index in [1.54, 1.807) is 13.2 Å². The van der Waals surface area contributed by atoms with E-state index in [9.17, 15) is 0 Å². The predicted octanol–water partition coefficient (Wildman–Crippen LogP) is 3.23. The van der Waals surface area contributed by atoms with Gasteiger partial charge in [0.05, 0.1) is 7.11 Å². The van der Waals surface area contributed by atoms with Crippen LogP contribution in [0.1, 0.15) is 12.5 Å². The zero-order chi connectivity index (χ0) is 15.2. The zero-order valence-electron chi connectivity index (χ0n) is 11.7. The summed E-state index contributed by atoms with van der Waals surface area (Å²) in [6.45, 7) is 3.05. The Morgan fingerprint density at radius 3 is 2.48 bits per heavy atom. The van der Waals surface area contributed by atoms with Crippen LogP contribution in [0.5, 0.6) is 5.75 Å². The average molecular weight is 328 g/mol. The molecule has 6 nitrogen and oxygen atoms in total. The zero-order valence-corrected chi connectivity index (χ0v) is 13.2. The van der Waals surface area contributed by atoms with Crippen molar-refractivity contribution >= 4 is 35.1 Å². The van der Waals surface area contributed by atoms with Gasteiger partial charge < -0.3 is 15.4 Å². The molecule has 0 saturated heterocycles. The maximum Gasteiger partial charge on any atom is 0.229 e. The van der Waals surface area contributed by atoms with Crippen LogP contribution < -0.4 is 15.4 Å². The molecule has 0 saturated carbocycles. The van der Waals surface area contributed by atoms with Crippen LogP contribution in [0.25, 0.3) is 0 Å². The van der Waals surface area contributed by atoms with E-state index in [-0.39, 0.29) is 5.28 Å². The predicted molar refractivity (Wildman–Crippen MR) is 84.3 cm³/mol. The summed E-state index contributed by atoms with van der Waals surface area (Å²) in [5.74, 6) is 1.49. The van der Waals surface area contributed by atoms with Crippen LogP contribution in [0.15, 0.2) is 18.2 Å². The Morgan fingerprint density at radius 1 is 1.10 bits per heavy atom. The van der Waals surface area contributed by atoms with Crippen molar-refractivity contribution in [3.8, 4) is 5.75 Å². The smallest absolute Gasteiger partial charge is 0.229 e. The normalized spacial score (nSPS) is 10.3. The SMILES string of the molecule is CCNc1nc(Cl)nc(NCc2c(Cl)cccc2OC)n1. The number of hydrogen-bond acceptors (Lipinski definition) is 6. The van der Waals surface area contributed by atoms with Gasteiger partial charge in [-0.05, 0) is 30.7 Å². The number of aromatic nitrogens is 3. The van der Waals surface area contributed by atoms with Crippen LogP contribution >= 0.6 is 23.2 Å². The van der Waals surface area contributed by atoms with Gasteiger partial charge in [0, 0.05) is 23.7 Å². The van der Waals surface area contributed by atoms with Crippen LogP contribution in [-0.4, -0.2) is 28.6 Å². The molecule has 1 aromatic carbocycles. The fraction of sp³-hybridized carbons (Fsp3) is 0.308. The summed E-state index contributed by atoms with van der Waals surface area (Å²) in [6.07, 6.45) is 0. The first-order valence-corrected chi connectivity index (χ1v) is 7.10. The molecule has 8 heteroatoms. The van der Waals surface area contributed by atoms with Crippen molar-refractivity contribution in [2.24, 2.45) is 0 Å². The molecule has 0 amide bonds. The summed E-state index contributed by atoms with van der Waals surface area (Å²) in [5.41, 5.74) is 0.822. The molecule has 0 fully saturated rings. The van der Waals surface area contributed by atoms with Gasteiger partial charge in [-0.25, -0.2) is 0 Å². The largest absolute Gasteiger partial charge is 0.496 e. The molecule has 2 N–H and O–H groups in total. The topological polar surface area (TPSA) is 72.0 Å². The summed E-state index contributed by atoms with van der Waals surface area (Å²) in [6, 6.07) is 5.46. The Hall–Kier alpha value is -1.79. The van der Waals surface area contributed by atoms with Gasteiger partial charge in [-0.15, -0.1) is 0 Å². The van der Waals surface area contributed by atoms with E-state index in [0.29, 0.717) is 35.8 Å². The minimum absolute atomic E-state index is 0.120. The van der Waals surface area contributed by atoms with Crippen molar-refractivity contribution < 1.29 is 4.74 Å². The molecule has 0 aliphatic carbocycles. The Morgan fingerprint density at radius 2 is 1.81 bits per heavy atom. The first-order chi connectivity index (χ1) is 10.1. The molecule has 0 bridgehead atoms. The first kappa shape index (κ1) is 15.6. The van der Waals surface area contributed by atoms with Crippen molar-refractivity contribution in [2.45, 2.75) is 13.5 Å². The number of rotatable bonds is 6. The molecule has 0 spiro atoms. The highest BCUT2D eigenvalue weighted by Crippen LogP contribution is 2.26. The first-order valence-electron chi connectivity index (χ1n) is 6.34. The standard InChI is InChI=1S/C13H15Cl2N5O/c1-3-16-12-18-11(15)19-13(20-12)17-7-8-9(14)5-4-6-10(8)21-2/h4-6H,3,7H2,1-2H3,(H2,16,17,18,19,20). The monoisotopic (exact) mass is 327 g/mol. The molecular weight excluding hydrogens is 313 g/mol. The quantitative estimate of drug-likeness (QED) is 0.848. The van der Waals surface area contributed by atoms with Gasteiger partial charge in [-0.2, -0.15) is 15.0 Å². The maximum absolute atomic E-state index is 6.18. The van der Waals surface area contributed by atoms with Gasteiger partial charge in [0.25, 0.3) is 0 Å². The maximum atomic E-state index is 6.18. The molecule has 0 unspecified atom stereocenters. The lowest BCUT2D eigenvalue weighted by atomic mass is 10.2. The van der Waals surface area contributed by atoms with E-state index < -0.39 is 0 Å². The Balaban J connectivity index is 2.16. The highest BCUT2D eigenvalue weighted by Gasteiger charge is 2.09. The molecule has 21 heavy (non-hydrogen) atoms. The second-order valence-electron chi connectivity index (χ2n) is 4.06. The number of methoxy groups -OCH3 is 1. The van der Waals surface area contributed by atoms with Crippen molar-refractivity contribution in [1.82, 2.24) is 15.0 Å². The molecule has 0 radical (unpaired) electrons. The number of nitrogens with zero attached hydrogens (tertiary/aromatic N) is 3. The highest BCUT2D eigenvalue weighted by molar-refractivity contribution is 6.31. The summed E-state index contributed by atoms with van der Waals surface area (Å²) >= 11 is 12.0. The van der Waals surface area contributed by atoms with Gasteiger partial charge in [-0.3, -0.25) is 0 Å². The van der Waals surface area contributed by atoms with Crippen molar-refractivity contribution in [3.05, 3.63) is 34.1 Å². The van der Waals surface area contributed by atoms with Gasteiger partial charge in [-0.1, -0.05) is 17.7 Å². The third kappa shape index (κ3) is 4.09. The van der Waals surface area contributed by atoms with Gasteiger partial charge in [0.2, 0.25) is 17.2 Å². The lowest BCUT2D eigenvalue weighted by molar-refractivity contribution is 0.410. The second kappa shape index (κ2) is 7.28. The van der Waals surface area contributed by atoms with Crippen LogP contribution in [-0.2, 0) is 6.54 Å². The molecule has 0 aliphatic heterocycles. The molecule has 112 valence electrons. The van der Waals surface area contributed by atoms with Gasteiger partial charge in [0.1, 0.15) is 5.75 Å². The number of anilines is 2. The van der Waals surface area contributed by atoms with Gasteiger partial charge in [0.15, 0.2) is 0 Å². The minimum atomic E-state index is 0.120. The van der Waals surface area contributed by atoms with E-state index in [4.69, 9.17) is 27.9 Å². The Kier molecular flexibility index (Phi) is 5.41. The Bertz CT molecular complexity index is 624. The molecule has 0 atom stereocenters. The number of nitrogens with one attached hydrogen (secondary N) is 2. The lowest BCUT2D eigenvalue weighted by Gasteiger charge is -2.12. The van der Waals surface area contributed by atoms with E-state index in [1.807, 2.05) is 19.1 Å². The molecule has 0 aliphatic rings. The average Bonchev–Trinajstić information content (AvgIpc) is 2.45. The van der Waals surface area contributed by atoms with E-state index in [1.165, 1.54) is 0 Å². The number of hydrogen-bond donors (Lipinski definition) is 2. The summed E-state index contributed by atoms with van der Waals surface area (Å²) in [4.78, 5) is 12.2. The summed E-state index contributed by atoms with van der Waals surface area (Å²) < 4.78 is 5.28. The van der Waals surface area contributed by atoms with Crippen molar-refractivity contribution in [1.29, 1.82) is 0 Å². The third-order valence-corrected chi connectivity index (χ3v) is 3.19. The van der Waals surface area contributed by atoms with Crippen molar-refractivity contribution in [2.75, 3.05) is 24.3 Å². The number of ether oxygens (including phenoxy) is 1. The second-order valence-corrected chi connectivity index (χ2v) is 4.80. The van der Waals surface area contributed by atoms with Crippen LogP contribution in [0, 0.1) is 0 Å². The summed E-state index contributed by atoms with van der Waals surface area (Å²) in [7, 11) is 1.60. The molecule has 1 heterocycles. The Labute approximate surface area is 132 Å². The number of halogens is 2. The summed E-state index contributed by atoms with van der Waals surface area (Å²) in [5, 5.41) is 6.77. The minimum Gasteiger partial charge on any atom is -0.496 e. The van der Waals surface area contributed by atoms with E-state index in [0.717, 1.165) is 5.56 Å². The molecule has 2 rings (SSSR count). The van der Waals surface area contributed by atoms with Crippen LogP contribution in [0.2, 0.25) is 10.3 Å². The third-order valence-electron chi connectivity index (χ3n) is 2.66. The molecule has 2 aromatic rings. The van der Waals surface area contributed by atoms with E-state index in [2.05, 4.69) is 25.6 Å². The number of benzene rings is 1. The fourth-order valence-corrected chi connectivity index (χ4v) is 2.13. The van der Waals surface area contributed by atoms with Crippen LogP contribution in [0.3, 0.4) is 0 Å². The van der Waals surface area contributed by atoms with E-state index >= 15 is 0 Å². The van der Waals surface area contributed by atoms with Crippen molar-refractivity contribution in [3.63, 3.8) is 0 Å².